The van der Waals surface area contributed by atoms with E-state index in [9.17, 15) is 18.8 Å². The van der Waals surface area contributed by atoms with E-state index in [1.807, 2.05) is 0 Å². The Hall–Kier alpha value is -3.16. The third kappa shape index (κ3) is 3.37. The summed E-state index contributed by atoms with van der Waals surface area (Å²) in [6.07, 6.45) is 2.92. The Morgan fingerprint density at radius 2 is 1.75 bits per heavy atom. The van der Waals surface area contributed by atoms with Gasteiger partial charge >= 0.3 is 0 Å². The first kappa shape index (κ1) is 18.2. The van der Waals surface area contributed by atoms with Gasteiger partial charge in [-0.3, -0.25) is 14.4 Å². The molecule has 3 amide bonds. The molecule has 2 aliphatic rings. The fourth-order valence-electron chi connectivity index (χ4n) is 3.73. The fraction of sp³-hybridized carbons (Fsp3) is 0.350. The minimum atomic E-state index is -0.497. The van der Waals surface area contributed by atoms with E-state index in [1.54, 1.807) is 34.1 Å². The lowest BCUT2D eigenvalue weighted by atomic mass is 10.1. The summed E-state index contributed by atoms with van der Waals surface area (Å²) in [6, 6.07) is 7.68. The van der Waals surface area contributed by atoms with Gasteiger partial charge in [-0.25, -0.2) is 4.39 Å². The highest BCUT2D eigenvalue weighted by molar-refractivity contribution is 6.00. The van der Waals surface area contributed by atoms with Gasteiger partial charge in [0.1, 0.15) is 12.1 Å². The average molecular weight is 385 g/mol. The van der Waals surface area contributed by atoms with Crippen molar-refractivity contribution in [3.05, 3.63) is 54.2 Å². The molecule has 0 N–H and O–H groups in total. The number of benzene rings is 1. The van der Waals surface area contributed by atoms with E-state index >= 15 is 0 Å². The molecule has 1 aromatic carbocycles. The van der Waals surface area contributed by atoms with E-state index < -0.39 is 11.7 Å². The Kier molecular flexibility index (Phi) is 4.85. The maximum atomic E-state index is 14.0. The molecular formula is C20H20FN3O4. The zero-order chi connectivity index (χ0) is 19.7. The summed E-state index contributed by atoms with van der Waals surface area (Å²) in [5.74, 6) is -1.47. The summed E-state index contributed by atoms with van der Waals surface area (Å²) < 4.78 is 18.9. The fourth-order valence-corrected chi connectivity index (χ4v) is 3.73. The van der Waals surface area contributed by atoms with E-state index in [0.717, 1.165) is 0 Å². The van der Waals surface area contributed by atoms with Crippen LogP contribution in [0.5, 0.6) is 0 Å². The lowest BCUT2D eigenvalue weighted by Gasteiger charge is -2.35. The van der Waals surface area contributed by atoms with E-state index in [1.165, 1.54) is 23.5 Å². The van der Waals surface area contributed by atoms with Gasteiger partial charge in [-0.1, -0.05) is 12.1 Å². The second-order valence-corrected chi connectivity index (χ2v) is 6.99. The van der Waals surface area contributed by atoms with E-state index in [2.05, 4.69) is 0 Å². The molecule has 0 spiro atoms. The molecule has 0 bridgehead atoms. The van der Waals surface area contributed by atoms with Crippen LogP contribution in [-0.2, 0) is 9.59 Å². The number of furan rings is 1. The van der Waals surface area contributed by atoms with E-state index in [-0.39, 0.29) is 36.4 Å². The van der Waals surface area contributed by atoms with Crippen LogP contribution in [0.1, 0.15) is 16.8 Å². The van der Waals surface area contributed by atoms with Gasteiger partial charge in [0.2, 0.25) is 11.8 Å². The van der Waals surface area contributed by atoms with Gasteiger partial charge in [-0.15, -0.1) is 0 Å². The zero-order valence-electron chi connectivity index (χ0n) is 15.2. The first-order valence-electron chi connectivity index (χ1n) is 9.20. The minimum absolute atomic E-state index is 0.0708. The van der Waals surface area contributed by atoms with E-state index in [4.69, 9.17) is 4.42 Å². The van der Waals surface area contributed by atoms with Crippen molar-refractivity contribution in [2.45, 2.75) is 6.42 Å². The monoisotopic (exact) mass is 385 g/mol. The van der Waals surface area contributed by atoms with Crippen molar-refractivity contribution in [2.75, 3.05) is 37.6 Å². The van der Waals surface area contributed by atoms with Crippen LogP contribution in [0.3, 0.4) is 0 Å². The number of nitrogens with zero attached hydrogens (tertiary/aromatic N) is 3. The minimum Gasteiger partial charge on any atom is -0.472 e. The van der Waals surface area contributed by atoms with Crippen molar-refractivity contribution >= 4 is 23.4 Å². The van der Waals surface area contributed by atoms with Crippen LogP contribution in [0.25, 0.3) is 0 Å². The molecule has 3 heterocycles. The Balaban J connectivity index is 1.36. The molecule has 2 aliphatic heterocycles. The molecule has 146 valence electrons. The predicted molar refractivity (Wildman–Crippen MR) is 98.1 cm³/mol. The van der Waals surface area contributed by atoms with Gasteiger partial charge in [0.15, 0.2) is 0 Å². The Bertz CT molecular complexity index is 891. The van der Waals surface area contributed by atoms with E-state index in [0.29, 0.717) is 31.7 Å². The molecule has 0 radical (unpaired) electrons. The summed E-state index contributed by atoms with van der Waals surface area (Å²) in [6.45, 7) is 1.84. The molecular weight excluding hydrogens is 365 g/mol. The highest BCUT2D eigenvalue weighted by atomic mass is 19.1. The van der Waals surface area contributed by atoms with Gasteiger partial charge in [-0.2, -0.15) is 0 Å². The number of para-hydroxylation sites is 1. The molecule has 7 nitrogen and oxygen atoms in total. The van der Waals surface area contributed by atoms with Crippen LogP contribution in [0, 0.1) is 11.7 Å². The van der Waals surface area contributed by atoms with Crippen molar-refractivity contribution in [3.8, 4) is 0 Å². The molecule has 4 rings (SSSR count). The van der Waals surface area contributed by atoms with Crippen LogP contribution in [-0.4, -0.2) is 60.2 Å². The molecule has 2 fully saturated rings. The number of carbonyl (C=O) groups is 3. The second kappa shape index (κ2) is 7.46. The largest absolute Gasteiger partial charge is 0.472 e. The molecule has 2 saturated heterocycles. The maximum Gasteiger partial charge on any atom is 0.257 e. The highest BCUT2D eigenvalue weighted by Crippen LogP contribution is 2.28. The lowest BCUT2D eigenvalue weighted by Crippen LogP contribution is -2.52. The van der Waals surface area contributed by atoms with Gasteiger partial charge in [0.05, 0.1) is 23.4 Å². The summed E-state index contributed by atoms with van der Waals surface area (Å²) in [5.41, 5.74) is 0.694. The van der Waals surface area contributed by atoms with Crippen molar-refractivity contribution in [1.29, 1.82) is 0 Å². The summed E-state index contributed by atoms with van der Waals surface area (Å²) in [7, 11) is 0. The SMILES string of the molecule is O=C(c1ccoc1)N1CCN(C(=O)C2CC(=O)N(c3ccccc3F)C2)CC1. The number of piperazine rings is 1. The molecule has 0 saturated carbocycles. The number of amides is 3. The molecule has 8 heteroatoms. The molecule has 2 aromatic rings. The molecule has 1 unspecified atom stereocenters. The van der Waals surface area contributed by atoms with Crippen molar-refractivity contribution in [3.63, 3.8) is 0 Å². The van der Waals surface area contributed by atoms with Crippen molar-refractivity contribution < 1.29 is 23.2 Å². The number of carbonyl (C=O) groups excluding carboxylic acids is 3. The molecule has 28 heavy (non-hydrogen) atoms. The Morgan fingerprint density at radius 1 is 1.04 bits per heavy atom. The Morgan fingerprint density at radius 3 is 2.43 bits per heavy atom. The second-order valence-electron chi connectivity index (χ2n) is 6.99. The van der Waals surface area contributed by atoms with Crippen molar-refractivity contribution in [2.24, 2.45) is 5.92 Å². The van der Waals surface area contributed by atoms with Crippen LogP contribution >= 0.6 is 0 Å². The molecule has 1 aromatic heterocycles. The first-order chi connectivity index (χ1) is 13.5. The normalized spacial score (nSPS) is 20.0. The number of anilines is 1. The highest BCUT2D eigenvalue weighted by Gasteiger charge is 2.39. The van der Waals surface area contributed by atoms with Gasteiger partial charge in [0, 0.05) is 39.1 Å². The van der Waals surface area contributed by atoms with Crippen LogP contribution < -0.4 is 4.90 Å². The first-order valence-corrected chi connectivity index (χ1v) is 9.20. The number of hydrogen-bond acceptors (Lipinski definition) is 4. The zero-order valence-corrected chi connectivity index (χ0v) is 15.2. The van der Waals surface area contributed by atoms with Gasteiger partial charge in [0.25, 0.3) is 5.91 Å². The Labute approximate surface area is 161 Å². The standard InChI is InChI=1S/C20H20FN3O4/c21-16-3-1-2-4-17(16)24-12-15(11-18(24)25)20(27)23-8-6-22(7-9-23)19(26)14-5-10-28-13-14/h1-5,10,13,15H,6-9,11-12H2. The summed E-state index contributed by atoms with van der Waals surface area (Å²) >= 11 is 0. The topological polar surface area (TPSA) is 74.1 Å². The maximum absolute atomic E-state index is 14.0. The van der Waals surface area contributed by atoms with Crippen LogP contribution in [0.2, 0.25) is 0 Å². The van der Waals surface area contributed by atoms with Crippen LogP contribution in [0.15, 0.2) is 47.3 Å². The molecule has 0 aliphatic carbocycles. The summed E-state index contributed by atoms with van der Waals surface area (Å²) in [5, 5.41) is 0. The smallest absolute Gasteiger partial charge is 0.257 e. The van der Waals surface area contributed by atoms with Gasteiger partial charge in [-0.05, 0) is 18.2 Å². The molecule has 1 atom stereocenters. The predicted octanol–water partition coefficient (Wildman–Crippen LogP) is 1.76. The third-order valence-electron chi connectivity index (χ3n) is 5.26. The quantitative estimate of drug-likeness (QED) is 0.807. The van der Waals surface area contributed by atoms with Gasteiger partial charge < -0.3 is 19.1 Å². The third-order valence-corrected chi connectivity index (χ3v) is 5.26. The number of rotatable bonds is 3. The summed E-state index contributed by atoms with van der Waals surface area (Å²) in [4.78, 5) is 42.2. The number of hydrogen-bond donors (Lipinski definition) is 0. The number of halogens is 1. The van der Waals surface area contributed by atoms with Crippen LogP contribution in [0.4, 0.5) is 10.1 Å². The lowest BCUT2D eigenvalue weighted by molar-refractivity contribution is -0.137. The van der Waals surface area contributed by atoms with Crippen molar-refractivity contribution in [1.82, 2.24) is 9.80 Å². The average Bonchev–Trinajstić information content (AvgIpc) is 3.37.